The summed E-state index contributed by atoms with van der Waals surface area (Å²) in [7, 11) is 0. The number of benzene rings is 1. The van der Waals surface area contributed by atoms with Gasteiger partial charge in [-0.2, -0.15) is 0 Å². The second-order valence-corrected chi connectivity index (χ2v) is 4.18. The van der Waals surface area contributed by atoms with Crippen molar-refractivity contribution in [3.05, 3.63) is 24.3 Å². The second-order valence-electron chi connectivity index (χ2n) is 4.18. The third-order valence-electron chi connectivity index (χ3n) is 2.30. The maximum Gasteiger partial charge on any atom is 0.167 e. The number of carbonyl (C=O) groups excluding carboxylic acids is 1. The van der Waals surface area contributed by atoms with E-state index in [0.29, 0.717) is 5.75 Å². The topological polar surface area (TPSA) is 35.5 Å². The van der Waals surface area contributed by atoms with Gasteiger partial charge in [0, 0.05) is 0 Å². The minimum absolute atomic E-state index is 0.0156. The van der Waals surface area contributed by atoms with Crippen LogP contribution >= 0.6 is 0 Å². The average molecular weight is 236 g/mol. The van der Waals surface area contributed by atoms with Gasteiger partial charge >= 0.3 is 0 Å². The predicted molar refractivity (Wildman–Crippen MR) is 67.6 cm³/mol. The number of hydrogen-bond donors (Lipinski definition) is 0. The molecule has 0 saturated heterocycles. The molecule has 0 aliphatic carbocycles. The summed E-state index contributed by atoms with van der Waals surface area (Å²) >= 11 is 0. The van der Waals surface area contributed by atoms with E-state index in [9.17, 15) is 4.79 Å². The summed E-state index contributed by atoms with van der Waals surface area (Å²) in [6.45, 7) is 5.82. The van der Waals surface area contributed by atoms with Crippen LogP contribution in [0.5, 0.6) is 11.5 Å². The Labute approximate surface area is 103 Å². The van der Waals surface area contributed by atoms with Gasteiger partial charge in [-0.05, 0) is 44.5 Å². The lowest BCUT2D eigenvalue weighted by atomic mass is 10.2. The molecular formula is C14H20O3. The Kier molecular flexibility index (Phi) is 5.53. The van der Waals surface area contributed by atoms with Crippen LogP contribution in [0.2, 0.25) is 0 Å². The SMILES string of the molecule is CCCC(C)Oc1ccc(OCC(C)=O)cc1. The number of carbonyl (C=O) groups is 1. The first-order valence-corrected chi connectivity index (χ1v) is 6.00. The minimum atomic E-state index is 0.0156. The van der Waals surface area contributed by atoms with Crippen LogP contribution in [0.4, 0.5) is 0 Å². The van der Waals surface area contributed by atoms with Crippen molar-refractivity contribution in [1.29, 1.82) is 0 Å². The molecule has 0 saturated carbocycles. The van der Waals surface area contributed by atoms with E-state index in [1.807, 2.05) is 24.3 Å². The Morgan fingerprint density at radius 3 is 2.35 bits per heavy atom. The van der Waals surface area contributed by atoms with Gasteiger partial charge < -0.3 is 9.47 Å². The van der Waals surface area contributed by atoms with Crippen LogP contribution in [0.25, 0.3) is 0 Å². The zero-order valence-electron chi connectivity index (χ0n) is 10.7. The molecule has 0 fully saturated rings. The van der Waals surface area contributed by atoms with E-state index in [2.05, 4.69) is 13.8 Å². The number of ketones is 1. The lowest BCUT2D eigenvalue weighted by Crippen LogP contribution is -2.11. The van der Waals surface area contributed by atoms with E-state index in [0.717, 1.165) is 18.6 Å². The quantitative estimate of drug-likeness (QED) is 0.729. The van der Waals surface area contributed by atoms with Crippen molar-refractivity contribution in [1.82, 2.24) is 0 Å². The van der Waals surface area contributed by atoms with Crippen molar-refractivity contribution in [3.8, 4) is 11.5 Å². The Morgan fingerprint density at radius 2 is 1.82 bits per heavy atom. The van der Waals surface area contributed by atoms with Gasteiger partial charge in [-0.25, -0.2) is 0 Å². The monoisotopic (exact) mass is 236 g/mol. The molecule has 0 aromatic heterocycles. The summed E-state index contributed by atoms with van der Waals surface area (Å²) in [4.78, 5) is 10.8. The molecule has 0 aliphatic heterocycles. The van der Waals surface area contributed by atoms with E-state index in [1.165, 1.54) is 6.92 Å². The molecule has 1 unspecified atom stereocenters. The fourth-order valence-corrected chi connectivity index (χ4v) is 1.50. The van der Waals surface area contributed by atoms with Crippen molar-refractivity contribution >= 4 is 5.78 Å². The normalized spacial score (nSPS) is 11.9. The summed E-state index contributed by atoms with van der Waals surface area (Å²) in [6, 6.07) is 7.36. The van der Waals surface area contributed by atoms with Gasteiger partial charge in [0.1, 0.15) is 18.1 Å². The Balaban J connectivity index is 2.47. The number of hydrogen-bond acceptors (Lipinski definition) is 3. The molecule has 17 heavy (non-hydrogen) atoms. The van der Waals surface area contributed by atoms with E-state index in [4.69, 9.17) is 9.47 Å². The van der Waals surface area contributed by atoms with Crippen LogP contribution in [0.1, 0.15) is 33.6 Å². The van der Waals surface area contributed by atoms with Crippen LogP contribution < -0.4 is 9.47 Å². The molecule has 94 valence electrons. The molecular weight excluding hydrogens is 216 g/mol. The third-order valence-corrected chi connectivity index (χ3v) is 2.30. The lowest BCUT2D eigenvalue weighted by molar-refractivity contribution is -0.118. The predicted octanol–water partition coefficient (Wildman–Crippen LogP) is 3.22. The van der Waals surface area contributed by atoms with Crippen LogP contribution in [0.3, 0.4) is 0 Å². The van der Waals surface area contributed by atoms with Gasteiger partial charge in [0.25, 0.3) is 0 Å². The first kappa shape index (κ1) is 13.6. The van der Waals surface area contributed by atoms with Gasteiger partial charge in [0.2, 0.25) is 0 Å². The molecule has 3 heteroatoms. The molecule has 1 aromatic carbocycles. The molecule has 0 bridgehead atoms. The van der Waals surface area contributed by atoms with Crippen molar-refractivity contribution < 1.29 is 14.3 Å². The molecule has 1 aromatic rings. The van der Waals surface area contributed by atoms with Crippen molar-refractivity contribution in [2.75, 3.05) is 6.61 Å². The Bertz CT molecular complexity index is 343. The van der Waals surface area contributed by atoms with Gasteiger partial charge in [-0.3, -0.25) is 4.79 Å². The van der Waals surface area contributed by atoms with Crippen LogP contribution in [0.15, 0.2) is 24.3 Å². The van der Waals surface area contributed by atoms with Gasteiger partial charge in [0.15, 0.2) is 5.78 Å². The highest BCUT2D eigenvalue weighted by Crippen LogP contribution is 2.19. The summed E-state index contributed by atoms with van der Waals surface area (Å²) in [6.07, 6.45) is 2.38. The van der Waals surface area contributed by atoms with Gasteiger partial charge in [0.05, 0.1) is 6.10 Å². The highest BCUT2D eigenvalue weighted by molar-refractivity contribution is 5.77. The van der Waals surface area contributed by atoms with Crippen LogP contribution in [-0.4, -0.2) is 18.5 Å². The van der Waals surface area contributed by atoms with E-state index in [1.54, 1.807) is 0 Å². The van der Waals surface area contributed by atoms with Crippen molar-refractivity contribution in [2.45, 2.75) is 39.7 Å². The lowest BCUT2D eigenvalue weighted by Gasteiger charge is -2.14. The fourth-order valence-electron chi connectivity index (χ4n) is 1.50. The summed E-state index contributed by atoms with van der Waals surface area (Å²) in [5.41, 5.74) is 0. The van der Waals surface area contributed by atoms with Crippen LogP contribution in [0, 0.1) is 0 Å². The first-order chi connectivity index (χ1) is 8.11. The maximum atomic E-state index is 10.8. The summed E-state index contributed by atoms with van der Waals surface area (Å²) in [5.74, 6) is 1.54. The number of ether oxygens (including phenoxy) is 2. The standard InChI is InChI=1S/C14H20O3/c1-4-5-12(3)17-14-8-6-13(7-9-14)16-10-11(2)15/h6-9,12H,4-5,10H2,1-3H3. The smallest absolute Gasteiger partial charge is 0.167 e. The number of Topliss-reactive ketones (excluding diaryl/α,β-unsaturated/α-hetero) is 1. The van der Waals surface area contributed by atoms with E-state index >= 15 is 0 Å². The zero-order chi connectivity index (χ0) is 12.7. The highest BCUT2D eigenvalue weighted by Gasteiger charge is 2.03. The molecule has 0 spiro atoms. The van der Waals surface area contributed by atoms with Crippen molar-refractivity contribution in [3.63, 3.8) is 0 Å². The zero-order valence-corrected chi connectivity index (χ0v) is 10.7. The molecule has 0 aliphatic rings. The average Bonchev–Trinajstić information content (AvgIpc) is 2.28. The van der Waals surface area contributed by atoms with E-state index < -0.39 is 0 Å². The Morgan fingerprint density at radius 1 is 1.24 bits per heavy atom. The largest absolute Gasteiger partial charge is 0.491 e. The van der Waals surface area contributed by atoms with Crippen molar-refractivity contribution in [2.24, 2.45) is 0 Å². The second kappa shape index (κ2) is 6.94. The first-order valence-electron chi connectivity index (χ1n) is 6.00. The third kappa shape index (κ3) is 5.38. The van der Waals surface area contributed by atoms with Crippen LogP contribution in [-0.2, 0) is 4.79 Å². The van der Waals surface area contributed by atoms with E-state index in [-0.39, 0.29) is 18.5 Å². The molecule has 1 atom stereocenters. The summed E-state index contributed by atoms with van der Waals surface area (Å²) < 4.78 is 11.0. The molecule has 0 N–H and O–H groups in total. The maximum absolute atomic E-state index is 10.8. The minimum Gasteiger partial charge on any atom is -0.491 e. The molecule has 0 heterocycles. The van der Waals surface area contributed by atoms with Gasteiger partial charge in [-0.15, -0.1) is 0 Å². The molecule has 0 amide bonds. The molecule has 1 rings (SSSR count). The molecule has 0 radical (unpaired) electrons. The fraction of sp³-hybridized carbons (Fsp3) is 0.500. The van der Waals surface area contributed by atoms with Gasteiger partial charge in [-0.1, -0.05) is 13.3 Å². The molecule has 3 nitrogen and oxygen atoms in total. The highest BCUT2D eigenvalue weighted by atomic mass is 16.5. The summed E-state index contributed by atoms with van der Waals surface area (Å²) in [5, 5.41) is 0. The number of rotatable bonds is 7. The Hall–Kier alpha value is -1.51.